The van der Waals surface area contributed by atoms with Gasteiger partial charge in [0.25, 0.3) is 0 Å². The van der Waals surface area contributed by atoms with E-state index in [1.807, 2.05) is 25.3 Å². The Hall–Kier alpha value is -1.93. The molecular weight excluding hydrogens is 370 g/mol. The Labute approximate surface area is 157 Å². The molecule has 5 nitrogen and oxygen atoms in total. The van der Waals surface area contributed by atoms with Crippen LogP contribution in [-0.4, -0.2) is 20.1 Å². The third-order valence-corrected chi connectivity index (χ3v) is 7.02. The summed E-state index contributed by atoms with van der Waals surface area (Å²) in [7, 11) is -3.79. The number of nitrogens with one attached hydrogen (secondary N) is 1. The van der Waals surface area contributed by atoms with Crippen molar-refractivity contribution in [2.75, 3.05) is 6.54 Å². The molecule has 0 aliphatic rings. The largest absolute Gasteiger partial charge is 0.466 e. The van der Waals surface area contributed by atoms with Gasteiger partial charge in [-0.3, -0.25) is 0 Å². The van der Waals surface area contributed by atoms with Crippen molar-refractivity contribution < 1.29 is 17.9 Å². The van der Waals surface area contributed by atoms with Gasteiger partial charge in [-0.15, -0.1) is 11.3 Å². The van der Waals surface area contributed by atoms with Gasteiger partial charge < -0.3 is 9.52 Å². The number of sulfonamides is 1. The average Bonchev–Trinajstić information content (AvgIpc) is 3.29. The molecule has 3 rings (SSSR count). The fourth-order valence-corrected chi connectivity index (χ4v) is 5.02. The Kier molecular flexibility index (Phi) is 5.07. The van der Waals surface area contributed by atoms with Crippen LogP contribution in [0.15, 0.2) is 57.4 Å². The molecule has 1 aromatic carbocycles. The third-order valence-electron chi connectivity index (χ3n) is 4.46. The maximum absolute atomic E-state index is 12.9. The summed E-state index contributed by atoms with van der Waals surface area (Å²) >= 11 is 1.34. The minimum atomic E-state index is -3.79. The molecule has 0 saturated heterocycles. The van der Waals surface area contributed by atoms with Crippen LogP contribution in [0.3, 0.4) is 0 Å². The fraction of sp³-hybridized carbons (Fsp3) is 0.263. The van der Waals surface area contributed by atoms with E-state index in [0.29, 0.717) is 16.2 Å². The van der Waals surface area contributed by atoms with Gasteiger partial charge in [-0.1, -0.05) is 12.1 Å². The number of benzene rings is 1. The molecule has 2 aromatic heterocycles. The second-order valence-corrected chi connectivity index (χ2v) is 9.02. The highest BCUT2D eigenvalue weighted by atomic mass is 32.2. The predicted octanol–water partition coefficient (Wildman–Crippen LogP) is 3.48. The summed E-state index contributed by atoms with van der Waals surface area (Å²) in [5, 5.41) is 13.0. The van der Waals surface area contributed by atoms with Gasteiger partial charge in [-0.25, -0.2) is 13.1 Å². The standard InChI is InChI=1S/C19H21NO4S2/c1-13-10-15(3)16(11-14(13)2)26(22,23)20-12-19(21,17-6-4-8-24-17)18-7-5-9-25-18/h4-11,20-21H,12H2,1-3H3. The van der Waals surface area contributed by atoms with E-state index in [0.717, 1.165) is 11.1 Å². The summed E-state index contributed by atoms with van der Waals surface area (Å²) in [5.41, 5.74) is 1.03. The SMILES string of the molecule is Cc1cc(C)c(S(=O)(=O)NCC(O)(c2ccco2)c2cccs2)cc1C. The molecule has 0 aliphatic heterocycles. The molecule has 2 heterocycles. The Morgan fingerprint density at radius 3 is 2.46 bits per heavy atom. The summed E-state index contributed by atoms with van der Waals surface area (Å²) in [6, 6.07) is 10.4. The zero-order chi connectivity index (χ0) is 18.9. The number of furan rings is 1. The van der Waals surface area contributed by atoms with Crippen molar-refractivity contribution in [1.29, 1.82) is 0 Å². The topological polar surface area (TPSA) is 79.5 Å². The number of hydrogen-bond acceptors (Lipinski definition) is 5. The van der Waals surface area contributed by atoms with Crippen LogP contribution in [0.25, 0.3) is 0 Å². The Balaban J connectivity index is 1.94. The molecule has 2 N–H and O–H groups in total. The van der Waals surface area contributed by atoms with E-state index in [-0.39, 0.29) is 11.4 Å². The number of aryl methyl sites for hydroxylation is 3. The summed E-state index contributed by atoms with van der Waals surface area (Å²) < 4.78 is 33.6. The van der Waals surface area contributed by atoms with E-state index in [2.05, 4.69) is 4.72 Å². The van der Waals surface area contributed by atoms with Crippen LogP contribution in [-0.2, 0) is 15.6 Å². The molecule has 0 radical (unpaired) electrons. The quantitative estimate of drug-likeness (QED) is 0.674. The monoisotopic (exact) mass is 391 g/mol. The maximum atomic E-state index is 12.9. The van der Waals surface area contributed by atoms with Crippen LogP contribution in [0.1, 0.15) is 27.3 Å². The zero-order valence-corrected chi connectivity index (χ0v) is 16.4. The van der Waals surface area contributed by atoms with Crippen LogP contribution in [0.4, 0.5) is 0 Å². The van der Waals surface area contributed by atoms with E-state index < -0.39 is 15.6 Å². The molecule has 0 aliphatic carbocycles. The molecule has 138 valence electrons. The van der Waals surface area contributed by atoms with E-state index in [1.54, 1.807) is 37.3 Å². The summed E-state index contributed by atoms with van der Waals surface area (Å²) in [5.74, 6) is 0.291. The lowest BCUT2D eigenvalue weighted by Crippen LogP contribution is -2.41. The van der Waals surface area contributed by atoms with Gasteiger partial charge in [0.15, 0.2) is 5.60 Å². The number of aliphatic hydroxyl groups is 1. The molecule has 0 spiro atoms. The number of hydrogen-bond donors (Lipinski definition) is 2. The molecule has 0 bridgehead atoms. The first-order valence-electron chi connectivity index (χ1n) is 8.12. The van der Waals surface area contributed by atoms with Crippen LogP contribution >= 0.6 is 11.3 Å². The van der Waals surface area contributed by atoms with Crippen LogP contribution in [0.5, 0.6) is 0 Å². The highest BCUT2D eigenvalue weighted by molar-refractivity contribution is 7.89. The molecular formula is C19H21NO4S2. The van der Waals surface area contributed by atoms with Crippen LogP contribution in [0, 0.1) is 20.8 Å². The smallest absolute Gasteiger partial charge is 0.240 e. The minimum Gasteiger partial charge on any atom is -0.466 e. The van der Waals surface area contributed by atoms with Gasteiger partial charge in [0.05, 0.1) is 17.7 Å². The van der Waals surface area contributed by atoms with Crippen molar-refractivity contribution in [2.24, 2.45) is 0 Å². The van der Waals surface area contributed by atoms with E-state index >= 15 is 0 Å². The van der Waals surface area contributed by atoms with Gasteiger partial charge >= 0.3 is 0 Å². The van der Waals surface area contributed by atoms with Gasteiger partial charge in [0.1, 0.15) is 5.76 Å². The predicted molar refractivity (Wildman–Crippen MR) is 102 cm³/mol. The highest BCUT2D eigenvalue weighted by Gasteiger charge is 2.37. The van der Waals surface area contributed by atoms with E-state index in [9.17, 15) is 13.5 Å². The minimum absolute atomic E-state index is 0.216. The Morgan fingerprint density at radius 1 is 1.12 bits per heavy atom. The van der Waals surface area contributed by atoms with Gasteiger partial charge in [-0.05, 0) is 67.1 Å². The van der Waals surface area contributed by atoms with Crippen molar-refractivity contribution in [3.8, 4) is 0 Å². The van der Waals surface area contributed by atoms with E-state index in [4.69, 9.17) is 4.42 Å². The van der Waals surface area contributed by atoms with Gasteiger partial charge in [0.2, 0.25) is 10.0 Å². The van der Waals surface area contributed by atoms with Crippen molar-refractivity contribution in [3.05, 3.63) is 75.4 Å². The summed E-state index contributed by atoms with van der Waals surface area (Å²) in [6.07, 6.45) is 1.45. The first kappa shape index (κ1) is 18.8. The first-order valence-corrected chi connectivity index (χ1v) is 10.5. The van der Waals surface area contributed by atoms with Gasteiger partial charge in [0, 0.05) is 4.88 Å². The van der Waals surface area contributed by atoms with Gasteiger partial charge in [-0.2, -0.15) is 0 Å². The lowest BCUT2D eigenvalue weighted by atomic mass is 9.99. The van der Waals surface area contributed by atoms with Crippen molar-refractivity contribution >= 4 is 21.4 Å². The number of rotatable bonds is 6. The molecule has 1 atom stereocenters. The molecule has 0 fully saturated rings. The second kappa shape index (κ2) is 7.00. The summed E-state index contributed by atoms with van der Waals surface area (Å²) in [6.45, 7) is 5.35. The highest BCUT2D eigenvalue weighted by Crippen LogP contribution is 2.33. The van der Waals surface area contributed by atoms with Crippen LogP contribution < -0.4 is 4.72 Å². The first-order chi connectivity index (χ1) is 12.2. The van der Waals surface area contributed by atoms with Crippen molar-refractivity contribution in [1.82, 2.24) is 4.72 Å². The van der Waals surface area contributed by atoms with Crippen molar-refractivity contribution in [2.45, 2.75) is 31.3 Å². The summed E-state index contributed by atoms with van der Waals surface area (Å²) in [4.78, 5) is 0.820. The molecule has 7 heteroatoms. The van der Waals surface area contributed by atoms with Crippen LogP contribution in [0.2, 0.25) is 0 Å². The normalized spacial score (nSPS) is 14.3. The van der Waals surface area contributed by atoms with Crippen molar-refractivity contribution in [3.63, 3.8) is 0 Å². The molecule has 0 amide bonds. The average molecular weight is 392 g/mol. The second-order valence-electron chi connectivity index (χ2n) is 6.34. The fourth-order valence-electron chi connectivity index (χ4n) is 2.82. The molecule has 26 heavy (non-hydrogen) atoms. The number of thiophene rings is 1. The Bertz CT molecular complexity index is 956. The molecule has 0 saturated carbocycles. The third kappa shape index (κ3) is 3.48. The van der Waals surface area contributed by atoms with E-state index in [1.165, 1.54) is 17.6 Å². The maximum Gasteiger partial charge on any atom is 0.240 e. The lowest BCUT2D eigenvalue weighted by molar-refractivity contribution is 0.0655. The molecule has 1 unspecified atom stereocenters. The molecule has 3 aromatic rings. The lowest BCUT2D eigenvalue weighted by Gasteiger charge is -2.25. The zero-order valence-electron chi connectivity index (χ0n) is 14.8. The Morgan fingerprint density at radius 2 is 1.85 bits per heavy atom.